The van der Waals surface area contributed by atoms with Gasteiger partial charge in [-0.25, -0.2) is 4.39 Å². The fraction of sp³-hybridized carbons (Fsp3) is 0.286. The number of likely N-dealkylation sites (N-methyl/N-ethyl adjacent to an activating group) is 1. The van der Waals surface area contributed by atoms with Crippen LogP contribution in [0.15, 0.2) is 36.4 Å². The third kappa shape index (κ3) is 2.62. The first-order valence-electron chi connectivity index (χ1n) is 5.68. The Labute approximate surface area is 100 Å². The fourth-order valence-electron chi connectivity index (χ4n) is 2.00. The Morgan fingerprint density at radius 3 is 2.53 bits per heavy atom. The highest BCUT2D eigenvalue weighted by atomic mass is 19.1. The van der Waals surface area contributed by atoms with E-state index in [0.29, 0.717) is 18.5 Å². The summed E-state index contributed by atoms with van der Waals surface area (Å²) in [5.74, 6) is -0.186. The molecule has 0 bridgehead atoms. The molecule has 1 N–H and O–H groups in total. The highest BCUT2D eigenvalue weighted by Crippen LogP contribution is 2.22. The Hall–Kier alpha value is -1.45. The minimum absolute atomic E-state index is 0.135. The number of benzene rings is 2. The van der Waals surface area contributed by atoms with Crippen molar-refractivity contribution in [1.82, 2.24) is 4.90 Å². The average molecular weight is 233 g/mol. The average Bonchev–Trinajstić information content (AvgIpc) is 2.34. The van der Waals surface area contributed by atoms with E-state index in [1.807, 2.05) is 36.2 Å². The molecule has 0 aliphatic carbocycles. The molecule has 2 aromatic carbocycles. The summed E-state index contributed by atoms with van der Waals surface area (Å²) < 4.78 is 13.6. The first-order valence-corrected chi connectivity index (χ1v) is 5.68. The lowest BCUT2D eigenvalue weighted by Gasteiger charge is -2.16. The largest absolute Gasteiger partial charge is 0.395 e. The molecule has 0 atom stereocenters. The Morgan fingerprint density at radius 2 is 1.82 bits per heavy atom. The molecule has 0 saturated carbocycles. The quantitative estimate of drug-likeness (QED) is 0.876. The second-order valence-corrected chi connectivity index (χ2v) is 4.21. The summed E-state index contributed by atoms with van der Waals surface area (Å²) in [6, 6.07) is 10.8. The lowest BCUT2D eigenvalue weighted by molar-refractivity contribution is 0.217. The number of halogens is 1. The first kappa shape index (κ1) is 12.0. The minimum Gasteiger partial charge on any atom is -0.395 e. The Morgan fingerprint density at radius 1 is 1.12 bits per heavy atom. The maximum Gasteiger partial charge on any atom is 0.131 e. The zero-order valence-electron chi connectivity index (χ0n) is 9.86. The van der Waals surface area contributed by atoms with Gasteiger partial charge in [0.25, 0.3) is 0 Å². The number of aliphatic hydroxyl groups excluding tert-OH is 1. The van der Waals surface area contributed by atoms with Crippen LogP contribution in [0.4, 0.5) is 4.39 Å². The molecule has 2 nitrogen and oxygen atoms in total. The molecule has 0 saturated heterocycles. The third-order valence-electron chi connectivity index (χ3n) is 2.88. The summed E-state index contributed by atoms with van der Waals surface area (Å²) in [4.78, 5) is 2.01. The topological polar surface area (TPSA) is 23.5 Å². The van der Waals surface area contributed by atoms with Crippen molar-refractivity contribution in [2.75, 3.05) is 20.2 Å². The summed E-state index contributed by atoms with van der Waals surface area (Å²) in [5, 5.41) is 10.5. The second kappa shape index (κ2) is 5.25. The van der Waals surface area contributed by atoms with Gasteiger partial charge in [-0.2, -0.15) is 0 Å². The van der Waals surface area contributed by atoms with Gasteiger partial charge in [-0.3, -0.25) is 4.90 Å². The van der Waals surface area contributed by atoms with E-state index in [9.17, 15) is 4.39 Å². The molecule has 0 spiro atoms. The van der Waals surface area contributed by atoms with Gasteiger partial charge in [-0.1, -0.05) is 30.3 Å². The molecule has 2 rings (SSSR count). The summed E-state index contributed by atoms with van der Waals surface area (Å²) in [6.45, 7) is 1.46. The molecule has 0 radical (unpaired) electrons. The number of fused-ring (bicyclic) bond motifs is 1. The van der Waals surface area contributed by atoms with E-state index >= 15 is 0 Å². The van der Waals surface area contributed by atoms with Crippen molar-refractivity contribution >= 4 is 10.8 Å². The van der Waals surface area contributed by atoms with E-state index < -0.39 is 0 Å². The first-order chi connectivity index (χ1) is 8.22. The molecule has 2 aromatic rings. The summed E-state index contributed by atoms with van der Waals surface area (Å²) >= 11 is 0. The van der Waals surface area contributed by atoms with E-state index in [-0.39, 0.29) is 12.4 Å². The number of hydrogen-bond donors (Lipinski definition) is 1. The molecular formula is C14H16FNO. The Kier molecular flexibility index (Phi) is 3.71. The van der Waals surface area contributed by atoms with Crippen LogP contribution in [-0.2, 0) is 6.54 Å². The van der Waals surface area contributed by atoms with Crippen LogP contribution < -0.4 is 0 Å². The molecule has 0 aliphatic heterocycles. The van der Waals surface area contributed by atoms with Gasteiger partial charge >= 0.3 is 0 Å². The predicted octanol–water partition coefficient (Wildman–Crippen LogP) is 2.40. The van der Waals surface area contributed by atoms with Gasteiger partial charge in [0.2, 0.25) is 0 Å². The molecule has 0 fully saturated rings. The van der Waals surface area contributed by atoms with Gasteiger partial charge in [-0.15, -0.1) is 0 Å². The summed E-state index contributed by atoms with van der Waals surface area (Å²) in [6.07, 6.45) is 0. The van der Waals surface area contributed by atoms with Crippen molar-refractivity contribution in [3.8, 4) is 0 Å². The number of nitrogens with zero attached hydrogens (tertiary/aromatic N) is 1. The maximum absolute atomic E-state index is 13.6. The van der Waals surface area contributed by atoms with Crippen molar-refractivity contribution in [3.05, 3.63) is 47.8 Å². The maximum atomic E-state index is 13.6. The van der Waals surface area contributed by atoms with Crippen LogP contribution >= 0.6 is 0 Å². The van der Waals surface area contributed by atoms with Gasteiger partial charge in [0, 0.05) is 18.5 Å². The second-order valence-electron chi connectivity index (χ2n) is 4.21. The fourth-order valence-corrected chi connectivity index (χ4v) is 2.00. The third-order valence-corrected chi connectivity index (χ3v) is 2.88. The smallest absolute Gasteiger partial charge is 0.131 e. The highest BCUT2D eigenvalue weighted by Gasteiger charge is 2.07. The van der Waals surface area contributed by atoms with Crippen LogP contribution in [0.1, 0.15) is 5.56 Å². The van der Waals surface area contributed by atoms with Crippen molar-refractivity contribution in [3.63, 3.8) is 0 Å². The molecule has 0 amide bonds. The molecule has 90 valence electrons. The normalized spacial score (nSPS) is 11.3. The van der Waals surface area contributed by atoms with Gasteiger partial charge in [0.15, 0.2) is 0 Å². The van der Waals surface area contributed by atoms with E-state index in [0.717, 1.165) is 10.9 Å². The van der Waals surface area contributed by atoms with Crippen molar-refractivity contribution < 1.29 is 9.50 Å². The molecular weight excluding hydrogens is 217 g/mol. The van der Waals surface area contributed by atoms with Crippen LogP contribution in [0.3, 0.4) is 0 Å². The monoisotopic (exact) mass is 233 g/mol. The van der Waals surface area contributed by atoms with Crippen LogP contribution in [-0.4, -0.2) is 30.2 Å². The van der Waals surface area contributed by atoms with Crippen LogP contribution in [0.2, 0.25) is 0 Å². The Bertz CT molecular complexity index is 513. The SMILES string of the molecule is CN(CCO)Cc1ccc(F)c2ccccc12. The van der Waals surface area contributed by atoms with Crippen LogP contribution in [0.25, 0.3) is 10.8 Å². The molecule has 17 heavy (non-hydrogen) atoms. The molecule has 0 unspecified atom stereocenters. The summed E-state index contributed by atoms with van der Waals surface area (Å²) in [5.41, 5.74) is 1.08. The van der Waals surface area contributed by atoms with Crippen LogP contribution in [0, 0.1) is 5.82 Å². The van der Waals surface area contributed by atoms with Gasteiger partial charge in [0.1, 0.15) is 5.82 Å². The Balaban J connectivity index is 2.38. The zero-order chi connectivity index (χ0) is 12.3. The predicted molar refractivity (Wildman–Crippen MR) is 67.3 cm³/mol. The van der Waals surface area contributed by atoms with E-state index in [1.54, 1.807) is 6.07 Å². The lowest BCUT2D eigenvalue weighted by Crippen LogP contribution is -2.21. The lowest BCUT2D eigenvalue weighted by atomic mass is 10.0. The number of aliphatic hydroxyl groups is 1. The molecule has 0 aliphatic rings. The van der Waals surface area contributed by atoms with E-state index in [1.165, 1.54) is 6.07 Å². The molecule has 0 aromatic heterocycles. The van der Waals surface area contributed by atoms with Gasteiger partial charge in [0.05, 0.1) is 6.61 Å². The standard InChI is InChI=1S/C14H16FNO/c1-16(8-9-17)10-11-6-7-14(15)13-5-3-2-4-12(11)13/h2-7,17H,8-10H2,1H3. The molecule has 0 heterocycles. The summed E-state index contributed by atoms with van der Waals surface area (Å²) in [7, 11) is 1.94. The zero-order valence-corrected chi connectivity index (χ0v) is 9.86. The van der Waals surface area contributed by atoms with Crippen molar-refractivity contribution in [1.29, 1.82) is 0 Å². The van der Waals surface area contributed by atoms with E-state index in [2.05, 4.69) is 0 Å². The van der Waals surface area contributed by atoms with Gasteiger partial charge < -0.3 is 5.11 Å². The van der Waals surface area contributed by atoms with Crippen molar-refractivity contribution in [2.45, 2.75) is 6.54 Å². The molecule has 3 heteroatoms. The van der Waals surface area contributed by atoms with Crippen LogP contribution in [0.5, 0.6) is 0 Å². The number of hydrogen-bond acceptors (Lipinski definition) is 2. The highest BCUT2D eigenvalue weighted by molar-refractivity contribution is 5.86. The number of rotatable bonds is 4. The minimum atomic E-state index is -0.186. The van der Waals surface area contributed by atoms with Crippen molar-refractivity contribution in [2.24, 2.45) is 0 Å². The van der Waals surface area contributed by atoms with Gasteiger partial charge in [-0.05, 0) is 24.1 Å². The van der Waals surface area contributed by atoms with E-state index in [4.69, 9.17) is 5.11 Å².